The van der Waals surface area contributed by atoms with Gasteiger partial charge in [0.25, 0.3) is 0 Å². The smallest absolute Gasteiger partial charge is 0.193 e. The number of nitrogens with one attached hydrogen (secondary N) is 1. The Morgan fingerprint density at radius 3 is 2.38 bits per heavy atom. The van der Waals surface area contributed by atoms with Gasteiger partial charge in [-0.1, -0.05) is 18.2 Å². The van der Waals surface area contributed by atoms with E-state index in [2.05, 4.69) is 10.3 Å². The minimum Gasteiger partial charge on any atom is -0.378 e. The van der Waals surface area contributed by atoms with Crippen molar-refractivity contribution in [2.75, 3.05) is 36.5 Å². The van der Waals surface area contributed by atoms with Gasteiger partial charge in [-0.3, -0.25) is 9.36 Å². The molecule has 3 heterocycles. The Morgan fingerprint density at radius 2 is 1.66 bits per heavy atom. The first-order chi connectivity index (χ1) is 15.6. The van der Waals surface area contributed by atoms with E-state index in [-0.39, 0.29) is 28.1 Å². The lowest BCUT2D eigenvalue weighted by atomic mass is 10.2. The number of morpholine rings is 1. The second-order valence-corrected chi connectivity index (χ2v) is 7.46. The Kier molecular flexibility index (Phi) is 5.28. The second kappa shape index (κ2) is 8.39. The van der Waals surface area contributed by atoms with Crippen molar-refractivity contribution in [3.8, 4) is 5.69 Å². The second-order valence-electron chi connectivity index (χ2n) is 7.46. The first-order valence-corrected chi connectivity index (χ1v) is 10.3. The van der Waals surface area contributed by atoms with E-state index in [9.17, 15) is 13.6 Å². The molecule has 0 amide bonds. The third-order valence-corrected chi connectivity index (χ3v) is 5.37. The van der Waals surface area contributed by atoms with Gasteiger partial charge in [0.2, 0.25) is 0 Å². The summed E-state index contributed by atoms with van der Waals surface area (Å²) in [7, 11) is 0. The molecule has 6 nitrogen and oxygen atoms in total. The molecule has 1 saturated heterocycles. The van der Waals surface area contributed by atoms with Gasteiger partial charge in [-0.25, -0.2) is 13.8 Å². The van der Waals surface area contributed by atoms with Crippen molar-refractivity contribution in [3.05, 3.63) is 88.6 Å². The summed E-state index contributed by atoms with van der Waals surface area (Å²) in [5, 5.41) is 3.38. The van der Waals surface area contributed by atoms with Crippen molar-refractivity contribution in [1.29, 1.82) is 0 Å². The molecule has 1 N–H and O–H groups in total. The van der Waals surface area contributed by atoms with Gasteiger partial charge in [0.1, 0.15) is 11.6 Å². The van der Waals surface area contributed by atoms with Gasteiger partial charge in [-0.2, -0.15) is 0 Å². The van der Waals surface area contributed by atoms with E-state index in [1.807, 2.05) is 30.3 Å². The molecule has 5 rings (SSSR count). The minimum atomic E-state index is -0.564. The topological polar surface area (TPSA) is 59.4 Å². The summed E-state index contributed by atoms with van der Waals surface area (Å²) in [5.41, 5.74) is 1.27. The fourth-order valence-electron chi connectivity index (χ4n) is 3.81. The lowest BCUT2D eigenvalue weighted by Gasteiger charge is -2.28. The lowest BCUT2D eigenvalue weighted by Crippen LogP contribution is -2.37. The van der Waals surface area contributed by atoms with E-state index in [1.165, 1.54) is 24.3 Å². The molecule has 162 valence electrons. The molecular weight excluding hydrogens is 414 g/mol. The minimum absolute atomic E-state index is 0.141. The largest absolute Gasteiger partial charge is 0.378 e. The number of para-hydroxylation sites is 1. The average molecular weight is 434 g/mol. The molecule has 1 fully saturated rings. The van der Waals surface area contributed by atoms with E-state index in [0.717, 1.165) is 5.69 Å². The van der Waals surface area contributed by atoms with Gasteiger partial charge >= 0.3 is 0 Å². The standard InChI is InChI=1S/C24H20F2N4O2/c25-16-6-8-18(9-7-16)30-22(27-17-4-2-1-3-5-17)15-21(31)19-14-20(26)24(28-23(19)30)29-10-12-32-13-11-29/h1-9,14-15,27H,10-13H2. The van der Waals surface area contributed by atoms with Crippen LogP contribution >= 0.6 is 0 Å². The molecule has 1 aliphatic rings. The highest BCUT2D eigenvalue weighted by molar-refractivity contribution is 5.82. The number of anilines is 3. The molecule has 0 atom stereocenters. The van der Waals surface area contributed by atoms with Crippen molar-refractivity contribution in [1.82, 2.24) is 9.55 Å². The zero-order valence-corrected chi connectivity index (χ0v) is 17.1. The van der Waals surface area contributed by atoms with E-state index < -0.39 is 5.82 Å². The number of fused-ring (bicyclic) bond motifs is 1. The third kappa shape index (κ3) is 3.80. The third-order valence-electron chi connectivity index (χ3n) is 5.37. The fraction of sp³-hybridized carbons (Fsp3) is 0.167. The molecule has 0 saturated carbocycles. The first kappa shape index (κ1) is 20.1. The monoisotopic (exact) mass is 434 g/mol. The Balaban J connectivity index is 1.76. The van der Waals surface area contributed by atoms with Crippen molar-refractivity contribution < 1.29 is 13.5 Å². The van der Waals surface area contributed by atoms with Crippen molar-refractivity contribution in [2.45, 2.75) is 0 Å². The van der Waals surface area contributed by atoms with Crippen LogP contribution in [-0.2, 0) is 4.74 Å². The molecule has 32 heavy (non-hydrogen) atoms. The SMILES string of the molecule is O=c1cc(Nc2ccccc2)n(-c2ccc(F)cc2)c2nc(N3CCOCC3)c(F)cc12. The van der Waals surface area contributed by atoms with E-state index in [0.29, 0.717) is 37.8 Å². The molecule has 0 aliphatic carbocycles. The molecule has 0 spiro atoms. The van der Waals surface area contributed by atoms with Gasteiger partial charge in [0.15, 0.2) is 22.7 Å². The van der Waals surface area contributed by atoms with Gasteiger partial charge in [0, 0.05) is 30.5 Å². The fourth-order valence-corrected chi connectivity index (χ4v) is 3.81. The molecule has 2 aromatic carbocycles. The number of pyridine rings is 2. The van der Waals surface area contributed by atoms with E-state index in [4.69, 9.17) is 4.74 Å². The maximum Gasteiger partial charge on any atom is 0.193 e. The van der Waals surface area contributed by atoms with E-state index >= 15 is 0 Å². The van der Waals surface area contributed by atoms with Crippen molar-refractivity contribution in [3.63, 3.8) is 0 Å². The summed E-state index contributed by atoms with van der Waals surface area (Å²) < 4.78 is 35.7. The Labute approximate surface area is 182 Å². The number of aromatic nitrogens is 2. The Morgan fingerprint density at radius 1 is 0.938 bits per heavy atom. The Bertz CT molecular complexity index is 1320. The summed E-state index contributed by atoms with van der Waals surface area (Å²) in [4.78, 5) is 19.3. The quantitative estimate of drug-likeness (QED) is 0.521. The maximum atomic E-state index is 15.0. The molecule has 1 aliphatic heterocycles. The van der Waals surface area contributed by atoms with Crippen LogP contribution in [0.5, 0.6) is 0 Å². The van der Waals surface area contributed by atoms with Gasteiger partial charge in [-0.05, 0) is 42.5 Å². The molecule has 0 bridgehead atoms. The highest BCUT2D eigenvalue weighted by Gasteiger charge is 2.21. The van der Waals surface area contributed by atoms with Crippen molar-refractivity contribution >= 4 is 28.4 Å². The normalized spacial score (nSPS) is 14.0. The van der Waals surface area contributed by atoms with Crippen LogP contribution in [0.1, 0.15) is 0 Å². The zero-order chi connectivity index (χ0) is 22.1. The van der Waals surface area contributed by atoms with Gasteiger partial charge in [-0.15, -0.1) is 0 Å². The van der Waals surface area contributed by atoms with Crippen molar-refractivity contribution in [2.24, 2.45) is 0 Å². The predicted octanol–water partition coefficient (Wildman–Crippen LogP) is 4.24. The summed E-state index contributed by atoms with van der Waals surface area (Å²) in [6, 6.07) is 17.8. The highest BCUT2D eigenvalue weighted by atomic mass is 19.1. The summed E-state index contributed by atoms with van der Waals surface area (Å²) in [6.07, 6.45) is 0. The van der Waals surface area contributed by atoms with Crippen LogP contribution in [0.15, 0.2) is 71.5 Å². The van der Waals surface area contributed by atoms with Crippen LogP contribution in [0.25, 0.3) is 16.7 Å². The van der Waals surface area contributed by atoms with Crippen LogP contribution in [0, 0.1) is 11.6 Å². The van der Waals surface area contributed by atoms with Crippen LogP contribution in [0.4, 0.5) is 26.1 Å². The predicted molar refractivity (Wildman–Crippen MR) is 120 cm³/mol. The number of ether oxygens (including phenoxy) is 1. The number of benzene rings is 2. The average Bonchev–Trinajstić information content (AvgIpc) is 2.81. The molecule has 8 heteroatoms. The number of rotatable bonds is 4. The van der Waals surface area contributed by atoms with Crippen LogP contribution < -0.4 is 15.6 Å². The van der Waals surface area contributed by atoms with Crippen LogP contribution in [-0.4, -0.2) is 35.9 Å². The van der Waals surface area contributed by atoms with Gasteiger partial charge < -0.3 is 15.0 Å². The number of nitrogens with zero attached hydrogens (tertiary/aromatic N) is 3. The molecule has 0 radical (unpaired) electrons. The number of hydrogen-bond acceptors (Lipinski definition) is 5. The number of hydrogen-bond donors (Lipinski definition) is 1. The first-order valence-electron chi connectivity index (χ1n) is 10.3. The Hall–Kier alpha value is -3.78. The molecular formula is C24H20F2N4O2. The molecule has 0 unspecified atom stereocenters. The van der Waals surface area contributed by atoms with Gasteiger partial charge in [0.05, 0.1) is 18.6 Å². The highest BCUT2D eigenvalue weighted by Crippen LogP contribution is 2.28. The molecule has 2 aromatic heterocycles. The van der Waals surface area contributed by atoms with Crippen LogP contribution in [0.2, 0.25) is 0 Å². The van der Waals surface area contributed by atoms with E-state index in [1.54, 1.807) is 21.6 Å². The summed E-state index contributed by atoms with van der Waals surface area (Å²) in [6.45, 7) is 1.94. The van der Waals surface area contributed by atoms with Crippen LogP contribution in [0.3, 0.4) is 0 Å². The summed E-state index contributed by atoms with van der Waals surface area (Å²) >= 11 is 0. The lowest BCUT2D eigenvalue weighted by molar-refractivity contribution is 0.122. The number of halogens is 2. The maximum absolute atomic E-state index is 15.0. The zero-order valence-electron chi connectivity index (χ0n) is 17.1. The molecule has 4 aromatic rings. The summed E-state index contributed by atoms with van der Waals surface area (Å²) in [5.74, 6) is -0.351.